The number of hydrogen-bond donors (Lipinski definition) is 1. The third kappa shape index (κ3) is 1.10. The van der Waals surface area contributed by atoms with Crippen molar-refractivity contribution in [2.24, 2.45) is 23.7 Å². The van der Waals surface area contributed by atoms with Crippen LogP contribution in [0, 0.1) is 23.7 Å². The molecular weight excluding hydrogens is 200 g/mol. The van der Waals surface area contributed by atoms with E-state index in [1.165, 1.54) is 19.3 Å². The van der Waals surface area contributed by atoms with Gasteiger partial charge in [-0.05, 0) is 50.0 Å². The van der Waals surface area contributed by atoms with Crippen molar-refractivity contribution in [2.45, 2.75) is 31.7 Å². The topological polar surface area (TPSA) is 38.1 Å². The highest BCUT2D eigenvalue weighted by molar-refractivity contribution is 5.25. The van der Waals surface area contributed by atoms with Crippen molar-refractivity contribution in [3.63, 3.8) is 0 Å². The van der Waals surface area contributed by atoms with Crippen LogP contribution in [0.25, 0.3) is 0 Å². The molecule has 0 spiro atoms. The van der Waals surface area contributed by atoms with Crippen molar-refractivity contribution >= 4 is 0 Å². The van der Waals surface area contributed by atoms with Gasteiger partial charge in [0.25, 0.3) is 0 Å². The number of fused-ring (bicyclic) bond motifs is 5. The highest BCUT2D eigenvalue weighted by Gasteiger charge is 2.66. The van der Waals surface area contributed by atoms with Crippen molar-refractivity contribution in [1.82, 2.24) is 10.3 Å². The smallest absolute Gasteiger partial charge is 0.208 e. The van der Waals surface area contributed by atoms with Crippen LogP contribution >= 0.6 is 0 Å². The molecule has 0 saturated heterocycles. The summed E-state index contributed by atoms with van der Waals surface area (Å²) in [6, 6.07) is 0. The van der Waals surface area contributed by atoms with E-state index in [9.17, 15) is 0 Å². The Morgan fingerprint density at radius 3 is 2.81 bits per heavy atom. The summed E-state index contributed by atoms with van der Waals surface area (Å²) in [5, 5.41) is 3.08. The highest BCUT2D eigenvalue weighted by Crippen LogP contribution is 2.73. The summed E-state index contributed by atoms with van der Waals surface area (Å²) < 4.78 is 5.84. The van der Waals surface area contributed by atoms with Crippen molar-refractivity contribution in [3.8, 4) is 0 Å². The number of hydrogen-bond acceptors (Lipinski definition) is 3. The van der Waals surface area contributed by atoms with Gasteiger partial charge in [-0.3, -0.25) is 0 Å². The molecule has 0 radical (unpaired) electrons. The van der Waals surface area contributed by atoms with Crippen molar-refractivity contribution in [1.29, 1.82) is 0 Å². The monoisotopic (exact) mass is 218 g/mol. The average Bonchev–Trinajstić information content (AvgIpc) is 2.73. The van der Waals surface area contributed by atoms with Crippen LogP contribution in [0.2, 0.25) is 0 Å². The Kier molecular flexibility index (Phi) is 1.79. The standard InChI is InChI=1S/C13H18N2O/c1-14-6-10-15-5-9(16-10)13-11-7-2-3-8(4-7)12(11)13/h5,7-8,11-14H,2-4,6H2,1H3. The van der Waals surface area contributed by atoms with Gasteiger partial charge in [0.1, 0.15) is 5.76 Å². The number of oxazole rings is 1. The molecule has 0 aliphatic heterocycles. The SMILES string of the molecule is CNCc1ncc(C2C3C4CCC(C4)C23)o1. The Hall–Kier alpha value is -0.830. The molecule has 3 heteroatoms. The maximum absolute atomic E-state index is 5.84. The van der Waals surface area contributed by atoms with Crippen LogP contribution in [0.3, 0.4) is 0 Å². The molecule has 4 atom stereocenters. The Morgan fingerprint density at radius 2 is 2.12 bits per heavy atom. The molecular formula is C13H18N2O. The van der Waals surface area contributed by atoms with Gasteiger partial charge in [0.15, 0.2) is 0 Å². The summed E-state index contributed by atoms with van der Waals surface area (Å²) in [5.74, 6) is 6.66. The maximum atomic E-state index is 5.84. The minimum absolute atomic E-state index is 0.726. The first-order valence-corrected chi connectivity index (χ1v) is 6.47. The lowest BCUT2D eigenvalue weighted by atomic mass is 10.0. The fraction of sp³-hybridized carbons (Fsp3) is 0.769. The molecule has 16 heavy (non-hydrogen) atoms. The average molecular weight is 218 g/mol. The highest BCUT2D eigenvalue weighted by atomic mass is 16.4. The van der Waals surface area contributed by atoms with E-state index < -0.39 is 0 Å². The van der Waals surface area contributed by atoms with Crippen LogP contribution in [-0.4, -0.2) is 12.0 Å². The second-order valence-corrected chi connectivity index (χ2v) is 5.70. The third-order valence-corrected chi connectivity index (χ3v) is 4.96. The van der Waals surface area contributed by atoms with Crippen molar-refractivity contribution in [3.05, 3.63) is 17.8 Å². The van der Waals surface area contributed by atoms with Crippen LogP contribution in [0.1, 0.15) is 36.8 Å². The Bertz CT molecular complexity index is 398. The third-order valence-electron chi connectivity index (χ3n) is 4.96. The molecule has 4 unspecified atom stereocenters. The van der Waals surface area contributed by atoms with Gasteiger partial charge in [-0.25, -0.2) is 4.98 Å². The number of aromatic nitrogens is 1. The first-order valence-electron chi connectivity index (χ1n) is 6.47. The van der Waals surface area contributed by atoms with E-state index >= 15 is 0 Å². The lowest BCUT2D eigenvalue weighted by molar-refractivity contribution is 0.410. The fourth-order valence-electron chi connectivity index (χ4n) is 4.42. The van der Waals surface area contributed by atoms with E-state index in [1.54, 1.807) is 0 Å². The van der Waals surface area contributed by atoms with E-state index in [4.69, 9.17) is 4.42 Å². The molecule has 0 amide bonds. The molecule has 3 nitrogen and oxygen atoms in total. The molecule has 3 aliphatic carbocycles. The Balaban J connectivity index is 1.55. The molecule has 4 rings (SSSR count). The first-order chi connectivity index (χ1) is 7.88. The normalized spacial score (nSPS) is 43.7. The molecule has 1 heterocycles. The Morgan fingerprint density at radius 1 is 1.38 bits per heavy atom. The molecule has 3 fully saturated rings. The number of rotatable bonds is 3. The summed E-state index contributed by atoms with van der Waals surface area (Å²) in [7, 11) is 1.93. The largest absolute Gasteiger partial charge is 0.444 e. The van der Waals surface area contributed by atoms with Crippen LogP contribution in [0.5, 0.6) is 0 Å². The fourth-order valence-corrected chi connectivity index (χ4v) is 4.42. The molecule has 2 bridgehead atoms. The molecule has 0 aromatic carbocycles. The number of nitrogens with one attached hydrogen (secondary N) is 1. The van der Waals surface area contributed by atoms with E-state index in [1.807, 2.05) is 13.2 Å². The predicted octanol–water partition coefficient (Wildman–Crippen LogP) is 2.15. The molecule has 1 aromatic heterocycles. The van der Waals surface area contributed by atoms with Crippen molar-refractivity contribution in [2.75, 3.05) is 7.05 Å². The molecule has 86 valence electrons. The zero-order valence-corrected chi connectivity index (χ0v) is 9.65. The van der Waals surface area contributed by atoms with Gasteiger partial charge in [0.05, 0.1) is 12.7 Å². The van der Waals surface area contributed by atoms with Crippen molar-refractivity contribution < 1.29 is 4.42 Å². The van der Waals surface area contributed by atoms with Gasteiger partial charge in [-0.1, -0.05) is 0 Å². The second kappa shape index (κ2) is 3.10. The number of nitrogens with zero attached hydrogens (tertiary/aromatic N) is 1. The first kappa shape index (κ1) is 9.23. The second-order valence-electron chi connectivity index (χ2n) is 5.70. The summed E-state index contributed by atoms with van der Waals surface area (Å²) in [6.45, 7) is 0.745. The van der Waals surface area contributed by atoms with E-state index in [2.05, 4.69) is 10.3 Å². The van der Waals surface area contributed by atoms with Gasteiger partial charge in [-0.15, -0.1) is 0 Å². The van der Waals surface area contributed by atoms with Crippen LogP contribution in [0.4, 0.5) is 0 Å². The summed E-state index contributed by atoms with van der Waals surface area (Å²) >= 11 is 0. The lowest BCUT2D eigenvalue weighted by Gasteiger charge is -2.05. The zero-order valence-electron chi connectivity index (χ0n) is 9.65. The minimum Gasteiger partial charge on any atom is -0.444 e. The van der Waals surface area contributed by atoms with Crippen LogP contribution < -0.4 is 5.32 Å². The van der Waals surface area contributed by atoms with Crippen LogP contribution in [-0.2, 0) is 6.54 Å². The zero-order chi connectivity index (χ0) is 10.7. The quantitative estimate of drug-likeness (QED) is 0.844. The molecule has 3 saturated carbocycles. The summed E-state index contributed by atoms with van der Waals surface area (Å²) in [4.78, 5) is 4.34. The summed E-state index contributed by atoms with van der Waals surface area (Å²) in [5.41, 5.74) is 0. The minimum atomic E-state index is 0.726. The lowest BCUT2D eigenvalue weighted by Crippen LogP contribution is -2.04. The molecule has 3 aliphatic rings. The van der Waals surface area contributed by atoms with Gasteiger partial charge in [0.2, 0.25) is 5.89 Å². The van der Waals surface area contributed by atoms with Gasteiger partial charge >= 0.3 is 0 Å². The van der Waals surface area contributed by atoms with Gasteiger partial charge < -0.3 is 9.73 Å². The molecule has 1 aromatic rings. The maximum Gasteiger partial charge on any atom is 0.208 e. The predicted molar refractivity (Wildman–Crippen MR) is 59.8 cm³/mol. The van der Waals surface area contributed by atoms with E-state index in [0.29, 0.717) is 0 Å². The Labute approximate surface area is 95.6 Å². The van der Waals surface area contributed by atoms with Gasteiger partial charge in [0, 0.05) is 5.92 Å². The van der Waals surface area contributed by atoms with Gasteiger partial charge in [-0.2, -0.15) is 0 Å². The van der Waals surface area contributed by atoms with E-state index in [-0.39, 0.29) is 0 Å². The summed E-state index contributed by atoms with van der Waals surface area (Å²) in [6.07, 6.45) is 6.41. The molecule has 1 N–H and O–H groups in total. The van der Waals surface area contributed by atoms with Crippen LogP contribution in [0.15, 0.2) is 10.6 Å². The van der Waals surface area contributed by atoms with E-state index in [0.717, 1.165) is 47.8 Å².